The van der Waals surface area contributed by atoms with E-state index in [0.29, 0.717) is 12.6 Å². The first kappa shape index (κ1) is 16.8. The highest BCUT2D eigenvalue weighted by molar-refractivity contribution is 5.68. The first-order valence-electron chi connectivity index (χ1n) is 7.92. The quantitative estimate of drug-likeness (QED) is 0.926. The largest absolute Gasteiger partial charge is 0.447 e. The highest BCUT2D eigenvalue weighted by atomic mass is 16.6. The molecule has 6 nitrogen and oxygen atoms in total. The fourth-order valence-electron chi connectivity index (χ4n) is 2.72. The van der Waals surface area contributed by atoms with Gasteiger partial charge in [-0.15, -0.1) is 0 Å². The molecule has 0 radical (unpaired) electrons. The second-order valence-corrected chi connectivity index (χ2v) is 6.95. The Kier molecular flexibility index (Phi) is 5.45. The van der Waals surface area contributed by atoms with Crippen LogP contribution in [-0.4, -0.2) is 40.7 Å². The van der Waals surface area contributed by atoms with Crippen LogP contribution in [-0.2, 0) is 11.3 Å². The number of carbonyl (C=O) groups is 1. The maximum Gasteiger partial charge on any atom is 0.410 e. The zero-order valence-corrected chi connectivity index (χ0v) is 14.0. The monoisotopic (exact) mass is 309 g/mol. The number of nitrogens with zero attached hydrogens (tertiary/aromatic N) is 2. The minimum Gasteiger partial charge on any atom is -0.447 e. The molecule has 0 bridgehead atoms. The standard InChI is InChI=1S/C16H27N3O3/c1-16(2,3)22-15(20)19(4)13-7-5-12(6-8-13)18-10-14-9-17-11-21-14/h9,11-13,18H,5-8,10H2,1-4H3. The van der Waals surface area contributed by atoms with E-state index in [1.165, 1.54) is 6.39 Å². The van der Waals surface area contributed by atoms with Gasteiger partial charge >= 0.3 is 6.09 Å². The highest BCUT2D eigenvalue weighted by Gasteiger charge is 2.29. The Morgan fingerprint density at radius 2 is 2.09 bits per heavy atom. The SMILES string of the molecule is CN(C(=O)OC(C)(C)C)C1CCC(NCc2cnco2)CC1. The fourth-order valence-corrected chi connectivity index (χ4v) is 2.72. The number of amides is 1. The van der Waals surface area contributed by atoms with Crippen LogP contribution in [0.4, 0.5) is 4.79 Å². The predicted octanol–water partition coefficient (Wildman–Crippen LogP) is 2.94. The summed E-state index contributed by atoms with van der Waals surface area (Å²) in [5.74, 6) is 0.855. The Morgan fingerprint density at radius 3 is 2.64 bits per heavy atom. The van der Waals surface area contributed by atoms with Crippen molar-refractivity contribution in [1.29, 1.82) is 0 Å². The number of carbonyl (C=O) groups excluding carboxylic acids is 1. The molecule has 1 amide bonds. The lowest BCUT2D eigenvalue weighted by atomic mass is 9.90. The van der Waals surface area contributed by atoms with Gasteiger partial charge in [0.1, 0.15) is 11.4 Å². The van der Waals surface area contributed by atoms with E-state index < -0.39 is 5.60 Å². The van der Waals surface area contributed by atoms with Gasteiger partial charge in [0.25, 0.3) is 0 Å². The van der Waals surface area contributed by atoms with Crippen LogP contribution in [0.1, 0.15) is 52.2 Å². The molecule has 0 spiro atoms. The molecule has 1 aromatic rings. The molecule has 0 atom stereocenters. The number of hydrogen-bond acceptors (Lipinski definition) is 5. The number of oxazole rings is 1. The third-order valence-electron chi connectivity index (χ3n) is 3.97. The molecule has 22 heavy (non-hydrogen) atoms. The van der Waals surface area contributed by atoms with Crippen LogP contribution in [0.15, 0.2) is 17.0 Å². The van der Waals surface area contributed by atoms with Gasteiger partial charge in [0.15, 0.2) is 6.39 Å². The zero-order valence-electron chi connectivity index (χ0n) is 14.0. The van der Waals surface area contributed by atoms with Gasteiger partial charge in [-0.05, 0) is 46.5 Å². The van der Waals surface area contributed by atoms with Crippen molar-refractivity contribution in [1.82, 2.24) is 15.2 Å². The topological polar surface area (TPSA) is 67.6 Å². The molecular weight excluding hydrogens is 282 g/mol. The number of aromatic nitrogens is 1. The van der Waals surface area contributed by atoms with Crippen LogP contribution in [0, 0.1) is 0 Å². The van der Waals surface area contributed by atoms with Gasteiger partial charge in [0.05, 0.1) is 12.7 Å². The van der Waals surface area contributed by atoms with E-state index in [4.69, 9.17) is 9.15 Å². The van der Waals surface area contributed by atoms with Crippen LogP contribution < -0.4 is 5.32 Å². The minimum absolute atomic E-state index is 0.231. The van der Waals surface area contributed by atoms with E-state index in [1.807, 2.05) is 27.8 Å². The Labute approximate surface area is 132 Å². The third-order valence-corrected chi connectivity index (χ3v) is 3.97. The van der Waals surface area contributed by atoms with Gasteiger partial charge in [0, 0.05) is 19.1 Å². The summed E-state index contributed by atoms with van der Waals surface area (Å²) in [6, 6.07) is 0.728. The summed E-state index contributed by atoms with van der Waals surface area (Å²) < 4.78 is 10.6. The first-order valence-corrected chi connectivity index (χ1v) is 7.92. The summed E-state index contributed by atoms with van der Waals surface area (Å²) in [6.45, 7) is 6.38. The summed E-state index contributed by atoms with van der Waals surface area (Å²) in [6.07, 6.45) is 7.02. The van der Waals surface area contributed by atoms with Crippen molar-refractivity contribution in [2.75, 3.05) is 7.05 Å². The number of ether oxygens (including phenoxy) is 1. The van der Waals surface area contributed by atoms with Crippen molar-refractivity contribution in [3.63, 3.8) is 0 Å². The average Bonchev–Trinajstić information content (AvgIpc) is 2.96. The lowest BCUT2D eigenvalue weighted by Gasteiger charge is -2.35. The maximum atomic E-state index is 12.1. The lowest BCUT2D eigenvalue weighted by Crippen LogP contribution is -2.44. The van der Waals surface area contributed by atoms with E-state index in [9.17, 15) is 4.79 Å². The molecule has 1 aliphatic rings. The smallest absolute Gasteiger partial charge is 0.410 e. The molecule has 0 saturated heterocycles. The Balaban J connectivity index is 1.73. The molecule has 2 rings (SSSR count). The van der Waals surface area contributed by atoms with Crippen molar-refractivity contribution in [2.45, 2.75) is 70.7 Å². The summed E-state index contributed by atoms with van der Waals surface area (Å²) in [4.78, 5) is 17.7. The number of nitrogens with one attached hydrogen (secondary N) is 1. The number of hydrogen-bond donors (Lipinski definition) is 1. The van der Waals surface area contributed by atoms with Crippen molar-refractivity contribution in [3.05, 3.63) is 18.4 Å². The van der Waals surface area contributed by atoms with E-state index in [1.54, 1.807) is 11.1 Å². The van der Waals surface area contributed by atoms with E-state index in [2.05, 4.69) is 10.3 Å². The van der Waals surface area contributed by atoms with Gasteiger partial charge in [-0.3, -0.25) is 0 Å². The normalized spacial score (nSPS) is 22.4. The molecule has 1 heterocycles. The van der Waals surface area contributed by atoms with E-state index >= 15 is 0 Å². The summed E-state index contributed by atoms with van der Waals surface area (Å²) in [5, 5.41) is 3.48. The van der Waals surface area contributed by atoms with Crippen LogP contribution >= 0.6 is 0 Å². The van der Waals surface area contributed by atoms with Crippen molar-refractivity contribution in [2.24, 2.45) is 0 Å². The minimum atomic E-state index is -0.443. The summed E-state index contributed by atoms with van der Waals surface area (Å²) in [7, 11) is 1.83. The fraction of sp³-hybridized carbons (Fsp3) is 0.750. The summed E-state index contributed by atoms with van der Waals surface area (Å²) >= 11 is 0. The predicted molar refractivity (Wildman–Crippen MR) is 83.4 cm³/mol. The second-order valence-electron chi connectivity index (χ2n) is 6.95. The Bertz CT molecular complexity index is 459. The number of rotatable bonds is 4. The van der Waals surface area contributed by atoms with Gasteiger partial charge in [-0.1, -0.05) is 0 Å². The van der Waals surface area contributed by atoms with Crippen molar-refractivity contribution >= 4 is 6.09 Å². The zero-order chi connectivity index (χ0) is 16.2. The molecule has 0 unspecified atom stereocenters. The molecule has 0 aromatic carbocycles. The van der Waals surface area contributed by atoms with Gasteiger partial charge < -0.3 is 19.4 Å². The Morgan fingerprint density at radius 1 is 1.41 bits per heavy atom. The molecule has 1 saturated carbocycles. The van der Waals surface area contributed by atoms with E-state index in [0.717, 1.165) is 31.4 Å². The average molecular weight is 309 g/mol. The molecule has 124 valence electrons. The van der Waals surface area contributed by atoms with Gasteiger partial charge in [-0.2, -0.15) is 0 Å². The van der Waals surface area contributed by atoms with Crippen LogP contribution in [0.25, 0.3) is 0 Å². The van der Waals surface area contributed by atoms with Crippen LogP contribution in [0.3, 0.4) is 0 Å². The van der Waals surface area contributed by atoms with Gasteiger partial charge in [-0.25, -0.2) is 9.78 Å². The second kappa shape index (κ2) is 7.13. The molecule has 1 aromatic heterocycles. The molecule has 6 heteroatoms. The Hall–Kier alpha value is -1.56. The molecule has 1 fully saturated rings. The third kappa shape index (κ3) is 5.02. The van der Waals surface area contributed by atoms with E-state index in [-0.39, 0.29) is 12.1 Å². The molecule has 1 aliphatic carbocycles. The van der Waals surface area contributed by atoms with Crippen LogP contribution in [0.5, 0.6) is 0 Å². The summed E-state index contributed by atoms with van der Waals surface area (Å²) in [5.41, 5.74) is -0.443. The highest BCUT2D eigenvalue weighted by Crippen LogP contribution is 2.24. The maximum absolute atomic E-state index is 12.1. The van der Waals surface area contributed by atoms with Gasteiger partial charge in [0.2, 0.25) is 0 Å². The molecule has 1 N–H and O–H groups in total. The molecular formula is C16H27N3O3. The lowest BCUT2D eigenvalue weighted by molar-refractivity contribution is 0.0179. The van der Waals surface area contributed by atoms with Crippen molar-refractivity contribution < 1.29 is 13.9 Å². The molecule has 0 aliphatic heterocycles. The van der Waals surface area contributed by atoms with Crippen LogP contribution in [0.2, 0.25) is 0 Å². The van der Waals surface area contributed by atoms with Crippen molar-refractivity contribution in [3.8, 4) is 0 Å². The first-order chi connectivity index (χ1) is 10.3.